The topological polar surface area (TPSA) is 61.8 Å². The van der Waals surface area contributed by atoms with Gasteiger partial charge in [-0.2, -0.15) is 0 Å². The summed E-state index contributed by atoms with van der Waals surface area (Å²) in [6.45, 7) is 5.75. The average molecular weight is 356 g/mol. The Morgan fingerprint density at radius 1 is 1.35 bits per heavy atom. The Labute approximate surface area is 155 Å². The van der Waals surface area contributed by atoms with Gasteiger partial charge < -0.3 is 20.1 Å². The molecule has 0 radical (unpaired) electrons. The first-order chi connectivity index (χ1) is 12.5. The van der Waals surface area contributed by atoms with Crippen molar-refractivity contribution in [3.63, 3.8) is 0 Å². The third kappa shape index (κ3) is 5.07. The highest BCUT2D eigenvalue weighted by Crippen LogP contribution is 2.30. The van der Waals surface area contributed by atoms with Crippen LogP contribution in [0.5, 0.6) is 0 Å². The van der Waals surface area contributed by atoms with Crippen molar-refractivity contribution in [2.24, 2.45) is 5.41 Å². The number of anilines is 2. The number of carbonyl (C=O) groups is 1. The molecule has 0 bridgehead atoms. The highest BCUT2D eigenvalue weighted by molar-refractivity contribution is 6.06. The molecule has 0 spiro atoms. The highest BCUT2D eigenvalue weighted by atomic mass is 16.5. The lowest BCUT2D eigenvalue weighted by Crippen LogP contribution is -2.52. The van der Waals surface area contributed by atoms with Gasteiger partial charge in [-0.25, -0.2) is 0 Å². The molecule has 0 aliphatic carbocycles. The molecule has 1 aromatic rings. The number of aliphatic hydroxyl groups is 1. The summed E-state index contributed by atoms with van der Waals surface area (Å²) < 4.78 is 5.26. The number of amides is 1. The van der Waals surface area contributed by atoms with Gasteiger partial charge in [0.1, 0.15) is 0 Å². The fraction of sp³-hybridized carbons (Fsp3) is 0.381. The molecule has 0 saturated carbocycles. The van der Waals surface area contributed by atoms with Crippen LogP contribution >= 0.6 is 0 Å². The van der Waals surface area contributed by atoms with Crippen LogP contribution in [0.4, 0.5) is 11.4 Å². The highest BCUT2D eigenvalue weighted by Gasteiger charge is 2.39. The van der Waals surface area contributed by atoms with E-state index in [1.54, 1.807) is 12.2 Å². The molecule has 0 unspecified atom stereocenters. The van der Waals surface area contributed by atoms with Crippen LogP contribution in [-0.4, -0.2) is 44.4 Å². The summed E-state index contributed by atoms with van der Waals surface area (Å²) in [6, 6.07) is 7.70. The number of nitrogens with one attached hydrogen (secondary N) is 1. The average Bonchev–Trinajstić information content (AvgIpc) is 2.61. The standard InChI is InChI=1S/C21H28N2O3/c1-4-6-9-17(8-5-2)20(25)22-18-10-7-11-19(12-18)23(3)13-21(14-24)15-26-16-21/h4-12,24H,13-16H2,1-3H3,(H,22,25)/b6-4-,8-5-,17-9+. The third-order valence-corrected chi connectivity index (χ3v) is 4.35. The van der Waals surface area contributed by atoms with Crippen LogP contribution in [0.2, 0.25) is 0 Å². The molecular formula is C21H28N2O3. The molecule has 2 N–H and O–H groups in total. The zero-order chi connectivity index (χ0) is 19.0. The SMILES string of the molecule is C\C=C/C=C(\C=C/C)C(=O)Nc1cccc(N(C)CC2(CO)COC2)c1. The fourth-order valence-corrected chi connectivity index (χ4v) is 2.83. The molecule has 1 aliphatic heterocycles. The summed E-state index contributed by atoms with van der Waals surface area (Å²) in [7, 11) is 1.98. The lowest BCUT2D eigenvalue weighted by Gasteiger charge is -2.42. The molecule has 2 rings (SSSR count). The molecule has 140 valence electrons. The van der Waals surface area contributed by atoms with Crippen molar-refractivity contribution in [2.45, 2.75) is 13.8 Å². The number of ether oxygens (including phenoxy) is 1. The number of benzene rings is 1. The van der Waals surface area contributed by atoms with Crippen molar-refractivity contribution >= 4 is 17.3 Å². The van der Waals surface area contributed by atoms with Crippen molar-refractivity contribution in [3.05, 3.63) is 60.2 Å². The van der Waals surface area contributed by atoms with E-state index in [0.717, 1.165) is 11.4 Å². The Morgan fingerprint density at radius 3 is 2.69 bits per heavy atom. The number of rotatable bonds is 8. The Bertz CT molecular complexity index is 697. The van der Waals surface area contributed by atoms with Crippen LogP contribution in [0.3, 0.4) is 0 Å². The summed E-state index contributed by atoms with van der Waals surface area (Å²) in [5.74, 6) is -0.153. The van der Waals surface area contributed by atoms with Crippen LogP contribution in [-0.2, 0) is 9.53 Å². The van der Waals surface area contributed by atoms with E-state index in [4.69, 9.17) is 4.74 Å². The molecule has 1 heterocycles. The van der Waals surface area contributed by atoms with Crippen LogP contribution in [0.1, 0.15) is 13.8 Å². The van der Waals surface area contributed by atoms with E-state index in [1.165, 1.54) is 0 Å². The maximum atomic E-state index is 12.5. The number of hydrogen-bond donors (Lipinski definition) is 2. The Balaban J connectivity index is 2.09. The summed E-state index contributed by atoms with van der Waals surface area (Å²) in [5.41, 5.74) is 2.11. The number of carbonyl (C=O) groups excluding carboxylic acids is 1. The minimum atomic E-state index is -0.192. The Kier molecular flexibility index (Phi) is 7.18. The summed E-state index contributed by atoms with van der Waals surface area (Å²) in [6.07, 6.45) is 9.13. The van der Waals surface area contributed by atoms with E-state index >= 15 is 0 Å². The van der Waals surface area contributed by atoms with Gasteiger partial charge in [0.25, 0.3) is 5.91 Å². The van der Waals surface area contributed by atoms with Crippen molar-refractivity contribution in [2.75, 3.05) is 43.6 Å². The van der Waals surface area contributed by atoms with E-state index in [2.05, 4.69) is 10.2 Å². The normalized spacial score (nSPS) is 16.7. The molecule has 26 heavy (non-hydrogen) atoms. The van der Waals surface area contributed by atoms with E-state index in [1.807, 2.05) is 63.4 Å². The Hall–Kier alpha value is -2.37. The van der Waals surface area contributed by atoms with E-state index in [0.29, 0.717) is 25.3 Å². The van der Waals surface area contributed by atoms with Gasteiger partial charge in [0.2, 0.25) is 0 Å². The van der Waals surface area contributed by atoms with Crippen molar-refractivity contribution in [1.82, 2.24) is 0 Å². The summed E-state index contributed by atoms with van der Waals surface area (Å²) in [5, 5.41) is 12.5. The lowest BCUT2D eigenvalue weighted by atomic mass is 9.86. The van der Waals surface area contributed by atoms with Crippen LogP contribution in [0.25, 0.3) is 0 Å². The predicted molar refractivity (Wildman–Crippen MR) is 106 cm³/mol. The minimum absolute atomic E-state index is 0.107. The lowest BCUT2D eigenvalue weighted by molar-refractivity contribution is -0.130. The van der Waals surface area contributed by atoms with Crippen molar-refractivity contribution in [3.8, 4) is 0 Å². The molecule has 1 aliphatic rings. The minimum Gasteiger partial charge on any atom is -0.396 e. The molecule has 5 nitrogen and oxygen atoms in total. The number of hydrogen-bond acceptors (Lipinski definition) is 4. The maximum absolute atomic E-state index is 12.5. The zero-order valence-corrected chi connectivity index (χ0v) is 15.7. The second kappa shape index (κ2) is 9.36. The monoisotopic (exact) mass is 356 g/mol. The second-order valence-electron chi connectivity index (χ2n) is 6.66. The fourth-order valence-electron chi connectivity index (χ4n) is 2.83. The van der Waals surface area contributed by atoms with Crippen LogP contribution < -0.4 is 10.2 Å². The van der Waals surface area contributed by atoms with Gasteiger partial charge in [0.15, 0.2) is 0 Å². The summed E-state index contributed by atoms with van der Waals surface area (Å²) >= 11 is 0. The molecule has 5 heteroatoms. The summed E-state index contributed by atoms with van der Waals surface area (Å²) in [4.78, 5) is 14.6. The van der Waals surface area contributed by atoms with Gasteiger partial charge in [-0.15, -0.1) is 0 Å². The second-order valence-corrected chi connectivity index (χ2v) is 6.66. The van der Waals surface area contributed by atoms with Crippen molar-refractivity contribution in [1.29, 1.82) is 0 Å². The first-order valence-corrected chi connectivity index (χ1v) is 8.80. The molecule has 1 aromatic carbocycles. The van der Waals surface area contributed by atoms with Crippen LogP contribution in [0.15, 0.2) is 60.2 Å². The van der Waals surface area contributed by atoms with Gasteiger partial charge in [-0.05, 0) is 38.1 Å². The molecule has 1 amide bonds. The van der Waals surface area contributed by atoms with E-state index in [-0.39, 0.29) is 17.9 Å². The van der Waals surface area contributed by atoms with E-state index in [9.17, 15) is 9.90 Å². The predicted octanol–water partition coefficient (Wildman–Crippen LogP) is 3.15. The van der Waals surface area contributed by atoms with Gasteiger partial charge >= 0.3 is 0 Å². The third-order valence-electron chi connectivity index (χ3n) is 4.35. The van der Waals surface area contributed by atoms with Gasteiger partial charge in [-0.3, -0.25) is 4.79 Å². The number of nitrogens with zero attached hydrogens (tertiary/aromatic N) is 1. The molecule has 0 atom stereocenters. The number of aliphatic hydroxyl groups excluding tert-OH is 1. The van der Waals surface area contributed by atoms with Gasteiger partial charge in [0, 0.05) is 30.5 Å². The van der Waals surface area contributed by atoms with Crippen LogP contribution in [0, 0.1) is 5.41 Å². The molecular weight excluding hydrogens is 328 g/mol. The quantitative estimate of drug-likeness (QED) is 0.555. The number of allylic oxidation sites excluding steroid dienone is 4. The molecule has 1 fully saturated rings. The largest absolute Gasteiger partial charge is 0.396 e. The first kappa shape index (κ1) is 19.9. The smallest absolute Gasteiger partial charge is 0.255 e. The maximum Gasteiger partial charge on any atom is 0.255 e. The van der Waals surface area contributed by atoms with E-state index < -0.39 is 0 Å². The van der Waals surface area contributed by atoms with Crippen molar-refractivity contribution < 1.29 is 14.6 Å². The first-order valence-electron chi connectivity index (χ1n) is 8.80. The Morgan fingerprint density at radius 2 is 2.12 bits per heavy atom. The zero-order valence-electron chi connectivity index (χ0n) is 15.7. The molecule has 1 saturated heterocycles. The van der Waals surface area contributed by atoms with Gasteiger partial charge in [-0.1, -0.05) is 30.4 Å². The van der Waals surface area contributed by atoms with Gasteiger partial charge in [0.05, 0.1) is 25.2 Å². The molecule has 0 aromatic heterocycles.